The highest BCUT2D eigenvalue weighted by Gasteiger charge is 2.46. The molecule has 1 aliphatic carbocycles. The summed E-state index contributed by atoms with van der Waals surface area (Å²) in [4.78, 5) is 0. The second-order valence-electron chi connectivity index (χ2n) is 13.5. The summed E-state index contributed by atoms with van der Waals surface area (Å²) in [6.07, 6.45) is 0. The van der Waals surface area contributed by atoms with Gasteiger partial charge in [-0.15, -0.1) is 0 Å². The van der Waals surface area contributed by atoms with Crippen LogP contribution in [0.1, 0.15) is 36.5 Å². The molecule has 0 fully saturated rings. The lowest BCUT2D eigenvalue weighted by atomic mass is 9.67. The van der Waals surface area contributed by atoms with Gasteiger partial charge in [-0.1, -0.05) is 195 Å². The van der Waals surface area contributed by atoms with Crippen LogP contribution in [-0.4, -0.2) is 0 Å². The summed E-state index contributed by atoms with van der Waals surface area (Å²) < 4.78 is 49.7. The summed E-state index contributed by atoms with van der Waals surface area (Å²) >= 11 is 0. The Morgan fingerprint density at radius 2 is 0.925 bits per heavy atom. The molecule has 0 aliphatic heterocycles. The summed E-state index contributed by atoms with van der Waals surface area (Å²) in [6.45, 7) is 0. The van der Waals surface area contributed by atoms with Gasteiger partial charge in [-0.3, -0.25) is 0 Å². The number of hydrogen-bond acceptors (Lipinski definition) is 1. The highest BCUT2D eigenvalue weighted by atomic mass is 16.3. The van der Waals surface area contributed by atoms with Gasteiger partial charge in [0.15, 0.2) is 0 Å². The molecule has 1 nitrogen and oxygen atoms in total. The van der Waals surface area contributed by atoms with E-state index in [0.29, 0.717) is 5.56 Å². The topological polar surface area (TPSA) is 13.1 Å². The highest BCUT2D eigenvalue weighted by Crippen LogP contribution is 2.58. The smallest absolute Gasteiger partial charge is 0.143 e. The largest absolute Gasteiger partial charge is 0.455 e. The number of fused-ring (bicyclic) bond motifs is 2. The fourth-order valence-electron chi connectivity index (χ4n) is 8.98. The predicted octanol–water partition coefficient (Wildman–Crippen LogP) is 14.2. The minimum Gasteiger partial charge on any atom is -0.455 e. The molecule has 0 atom stereocenters. The highest BCUT2D eigenvalue weighted by molar-refractivity contribution is 6.22. The molecule has 0 N–H and O–H groups in total. The third kappa shape index (κ3) is 4.31. The van der Waals surface area contributed by atoms with Crippen molar-refractivity contribution < 1.29 is 11.3 Å². The van der Waals surface area contributed by atoms with E-state index in [0.717, 1.165) is 65.7 Å². The molecule has 53 heavy (non-hydrogen) atoms. The van der Waals surface area contributed by atoms with Crippen LogP contribution in [0.2, 0.25) is 0 Å². The lowest BCUT2D eigenvalue weighted by molar-refractivity contribution is 0.664. The molecule has 0 amide bonds. The molecule has 1 heterocycles. The fourth-order valence-corrected chi connectivity index (χ4v) is 8.98. The first kappa shape index (κ1) is 26.1. The summed E-state index contributed by atoms with van der Waals surface area (Å²) in [6, 6.07) is 55.5. The Morgan fingerprint density at radius 3 is 1.51 bits per heavy atom. The van der Waals surface area contributed by atoms with Gasteiger partial charge in [0.05, 0.1) is 12.3 Å². The van der Waals surface area contributed by atoms with Crippen molar-refractivity contribution in [2.75, 3.05) is 0 Å². The van der Waals surface area contributed by atoms with Crippen LogP contribution in [0.15, 0.2) is 198 Å². The summed E-state index contributed by atoms with van der Waals surface area (Å²) in [7, 11) is 0. The number of benzene rings is 9. The molecule has 0 radical (unpaired) electrons. The maximum Gasteiger partial charge on any atom is 0.143 e. The van der Waals surface area contributed by atoms with E-state index >= 15 is 0 Å². The minimum absolute atomic E-state index is 0. The molecule has 0 unspecified atom stereocenters. The normalized spacial score (nSPS) is 14.2. The van der Waals surface area contributed by atoms with Crippen molar-refractivity contribution in [3.05, 3.63) is 216 Å². The Balaban J connectivity index is 0.00000408. The Labute approximate surface area is 316 Å². The molecule has 10 aromatic rings. The van der Waals surface area contributed by atoms with Crippen LogP contribution < -0.4 is 0 Å². The third-order valence-corrected chi connectivity index (χ3v) is 11.0. The maximum absolute atomic E-state index is 8.88. The van der Waals surface area contributed by atoms with Gasteiger partial charge >= 0.3 is 0 Å². The van der Waals surface area contributed by atoms with Crippen molar-refractivity contribution in [2.45, 2.75) is 12.8 Å². The first-order chi connectivity index (χ1) is 27.9. The van der Waals surface area contributed by atoms with Crippen LogP contribution in [0.3, 0.4) is 0 Å². The SMILES string of the molecule is C.[2H]c1c([2H])c([2H])c(-c2c3ccccc3c(-c3ccc(-c4ccc5c6c4oc4cccc(c46)C5(c4ccccc4)c4ccccc4)cc3)c3ccccc23)c([2H])c1[2H]. The number of furan rings is 1. The molecule has 11 rings (SSSR count). The number of hydrogen-bond donors (Lipinski definition) is 0. The molecular formula is C52H36O. The van der Waals surface area contributed by atoms with Crippen molar-refractivity contribution >= 4 is 43.5 Å². The van der Waals surface area contributed by atoms with Crippen molar-refractivity contribution in [1.29, 1.82) is 0 Å². The minimum atomic E-state index is -0.493. The Morgan fingerprint density at radius 1 is 0.415 bits per heavy atom. The van der Waals surface area contributed by atoms with E-state index in [-0.39, 0.29) is 37.2 Å². The molecule has 1 aliphatic rings. The quantitative estimate of drug-likeness (QED) is 0.165. The van der Waals surface area contributed by atoms with Gasteiger partial charge in [-0.2, -0.15) is 0 Å². The van der Waals surface area contributed by atoms with Gasteiger partial charge in [0.2, 0.25) is 0 Å². The summed E-state index contributed by atoms with van der Waals surface area (Å²) in [5.74, 6) is 0. The van der Waals surface area contributed by atoms with E-state index in [1.807, 2.05) is 36.4 Å². The van der Waals surface area contributed by atoms with Gasteiger partial charge in [0, 0.05) is 16.3 Å². The lowest BCUT2D eigenvalue weighted by Gasteiger charge is -2.34. The van der Waals surface area contributed by atoms with Crippen LogP contribution >= 0.6 is 0 Å². The lowest BCUT2D eigenvalue weighted by Crippen LogP contribution is -2.28. The van der Waals surface area contributed by atoms with Gasteiger partial charge in [0.1, 0.15) is 11.2 Å². The fraction of sp³-hybridized carbons (Fsp3) is 0.0385. The average Bonchev–Trinajstić information content (AvgIpc) is 3.81. The van der Waals surface area contributed by atoms with Gasteiger partial charge in [-0.05, 0) is 77.7 Å². The Hall–Kier alpha value is -6.70. The van der Waals surface area contributed by atoms with Crippen LogP contribution in [-0.2, 0) is 5.41 Å². The van der Waals surface area contributed by atoms with Crippen molar-refractivity contribution in [3.63, 3.8) is 0 Å². The zero-order valence-electron chi connectivity index (χ0n) is 33.0. The molecule has 0 saturated carbocycles. The summed E-state index contributed by atoms with van der Waals surface area (Å²) in [5, 5.41) is 5.82. The summed E-state index contributed by atoms with van der Waals surface area (Å²) in [5.41, 5.74) is 11.1. The van der Waals surface area contributed by atoms with Gasteiger partial charge < -0.3 is 4.42 Å². The average molecular weight is 682 g/mol. The van der Waals surface area contributed by atoms with E-state index in [2.05, 4.69) is 127 Å². The zero-order valence-corrected chi connectivity index (χ0v) is 28.0. The van der Waals surface area contributed by atoms with Gasteiger partial charge in [0.25, 0.3) is 0 Å². The predicted molar refractivity (Wildman–Crippen MR) is 224 cm³/mol. The molecule has 1 heteroatoms. The van der Waals surface area contributed by atoms with Crippen LogP contribution in [0.5, 0.6) is 0 Å². The second kappa shape index (κ2) is 11.9. The molecule has 0 bridgehead atoms. The van der Waals surface area contributed by atoms with Crippen LogP contribution in [0.4, 0.5) is 0 Å². The molecule has 9 aromatic carbocycles. The zero-order chi connectivity index (χ0) is 38.6. The second-order valence-corrected chi connectivity index (χ2v) is 13.5. The number of rotatable bonds is 5. The van der Waals surface area contributed by atoms with E-state index in [9.17, 15) is 0 Å². The van der Waals surface area contributed by atoms with E-state index < -0.39 is 11.5 Å². The molecule has 250 valence electrons. The first-order valence-corrected chi connectivity index (χ1v) is 17.6. The monoisotopic (exact) mass is 681 g/mol. The first-order valence-electron chi connectivity index (χ1n) is 20.1. The van der Waals surface area contributed by atoms with Crippen LogP contribution in [0, 0.1) is 0 Å². The van der Waals surface area contributed by atoms with Crippen molar-refractivity contribution in [3.8, 4) is 33.4 Å². The third-order valence-electron chi connectivity index (χ3n) is 11.0. The van der Waals surface area contributed by atoms with E-state index in [4.69, 9.17) is 11.3 Å². The Kier molecular flexibility index (Phi) is 5.89. The van der Waals surface area contributed by atoms with E-state index in [1.54, 1.807) is 0 Å². The van der Waals surface area contributed by atoms with Crippen LogP contribution in [0.25, 0.3) is 76.9 Å². The van der Waals surface area contributed by atoms with Crippen molar-refractivity contribution in [1.82, 2.24) is 0 Å². The maximum atomic E-state index is 8.88. The molecular weight excluding hydrogens is 641 g/mol. The standard InChI is InChI=1S/C51H32O.CH4/c1-4-15-34(16-5-1)46-39-21-10-12-23-41(39)47(42-24-13-11-22-40(42)46)35-29-27-33(28-30-35)38-31-32-44-49-48-43(25-14-26-45(48)52-50(38)49)51(44,36-17-6-2-7-18-36)37-19-8-3-9-20-37;/h1-32H;1H4/i1D,4D,5D,15D,16D;. The molecule has 0 saturated heterocycles. The molecule has 0 spiro atoms. The van der Waals surface area contributed by atoms with Crippen molar-refractivity contribution in [2.24, 2.45) is 0 Å². The van der Waals surface area contributed by atoms with E-state index in [1.165, 1.54) is 22.3 Å². The van der Waals surface area contributed by atoms with Gasteiger partial charge in [-0.25, -0.2) is 0 Å². The Bertz CT molecular complexity index is 3150. The molecule has 1 aromatic heterocycles.